The third kappa shape index (κ3) is 7.38. The first-order valence-corrected chi connectivity index (χ1v) is 12.8. The van der Waals surface area contributed by atoms with Crippen molar-refractivity contribution in [1.82, 2.24) is 0 Å². The molecule has 2 rings (SSSR count). The van der Waals surface area contributed by atoms with Crippen LogP contribution in [0.25, 0.3) is 0 Å². The summed E-state index contributed by atoms with van der Waals surface area (Å²) >= 11 is 0. The van der Waals surface area contributed by atoms with E-state index in [2.05, 4.69) is 19.9 Å². The molecule has 1 amide bonds. The third-order valence-electron chi connectivity index (χ3n) is 8.50. The van der Waals surface area contributed by atoms with Gasteiger partial charge >= 0.3 is 0 Å². The van der Waals surface area contributed by atoms with Crippen LogP contribution in [0, 0.1) is 29.6 Å². The van der Waals surface area contributed by atoms with Crippen LogP contribution in [-0.2, 0) is 9.53 Å². The summed E-state index contributed by atoms with van der Waals surface area (Å²) in [6.45, 7) is 10.5. The van der Waals surface area contributed by atoms with E-state index < -0.39 is 23.7 Å². The summed E-state index contributed by atoms with van der Waals surface area (Å²) in [5.41, 5.74) is 5.77. The average molecular weight is 466 g/mol. The Morgan fingerprint density at radius 1 is 1.18 bits per heavy atom. The van der Waals surface area contributed by atoms with Gasteiger partial charge in [-0.05, 0) is 63.2 Å². The minimum atomic E-state index is -0.484. The molecule has 0 bridgehead atoms. The first kappa shape index (κ1) is 28.0. The van der Waals surface area contributed by atoms with E-state index >= 15 is 0 Å². The smallest absolute Gasteiger partial charge is 0.241 e. The molecule has 33 heavy (non-hydrogen) atoms. The van der Waals surface area contributed by atoms with Crippen molar-refractivity contribution in [2.75, 3.05) is 6.61 Å². The standard InChI is InChI=1S/C27H47NO5/c1-6-21(10-11-26(28)32)8-7-9-22(16-29)12-17(2)23-13-24(30)19(4)27(14-23)15-25(31)18(3)20(5)33-27/h8,10-11,17-20,22-25,29-31H,6-7,9,12-16H2,1-5H3,(H2,28,32)/b11-10+,21-8+/t17-,18-,19+,20-,22-,23+,24+,25-,27-/m1/s1. The highest BCUT2D eigenvalue weighted by atomic mass is 16.5. The molecule has 9 atom stereocenters. The summed E-state index contributed by atoms with van der Waals surface area (Å²) in [5.74, 6) is 0.440. The molecular formula is C27H47NO5. The lowest BCUT2D eigenvalue weighted by atomic mass is 9.62. The molecule has 1 saturated heterocycles. The number of aliphatic hydroxyl groups excluding tert-OH is 3. The molecule has 1 spiro atoms. The lowest BCUT2D eigenvalue weighted by Gasteiger charge is -2.55. The van der Waals surface area contributed by atoms with Crippen LogP contribution in [-0.4, -0.2) is 51.7 Å². The van der Waals surface area contributed by atoms with E-state index in [-0.39, 0.29) is 30.5 Å². The molecule has 5 N–H and O–H groups in total. The van der Waals surface area contributed by atoms with E-state index in [0.717, 1.165) is 44.1 Å². The fourth-order valence-electron chi connectivity index (χ4n) is 5.84. The van der Waals surface area contributed by atoms with Gasteiger partial charge in [-0.1, -0.05) is 45.4 Å². The van der Waals surface area contributed by atoms with Gasteiger partial charge in [-0.2, -0.15) is 0 Å². The molecule has 0 aromatic rings. The van der Waals surface area contributed by atoms with Crippen molar-refractivity contribution < 1.29 is 24.9 Å². The van der Waals surface area contributed by atoms with Crippen LogP contribution in [0.2, 0.25) is 0 Å². The molecular weight excluding hydrogens is 418 g/mol. The number of hydrogen-bond acceptors (Lipinski definition) is 5. The summed E-state index contributed by atoms with van der Waals surface area (Å²) in [7, 11) is 0. The highest BCUT2D eigenvalue weighted by Gasteiger charge is 2.53. The van der Waals surface area contributed by atoms with Gasteiger partial charge in [0.05, 0.1) is 23.9 Å². The zero-order valence-corrected chi connectivity index (χ0v) is 21.2. The van der Waals surface area contributed by atoms with Crippen LogP contribution in [0.15, 0.2) is 23.8 Å². The van der Waals surface area contributed by atoms with E-state index in [1.54, 1.807) is 6.08 Å². The maximum atomic E-state index is 11.0. The number of nitrogens with two attached hydrogens (primary N) is 1. The van der Waals surface area contributed by atoms with Crippen LogP contribution in [0.5, 0.6) is 0 Å². The summed E-state index contributed by atoms with van der Waals surface area (Å²) in [6, 6.07) is 0. The quantitative estimate of drug-likeness (QED) is 0.290. The molecule has 190 valence electrons. The lowest BCUT2D eigenvalue weighted by Crippen LogP contribution is -2.59. The predicted molar refractivity (Wildman–Crippen MR) is 131 cm³/mol. The Labute approximate surface area is 200 Å². The number of amides is 1. The number of primary amides is 1. The van der Waals surface area contributed by atoms with Gasteiger partial charge in [-0.3, -0.25) is 4.79 Å². The number of carbonyl (C=O) groups is 1. The molecule has 1 saturated carbocycles. The first-order chi connectivity index (χ1) is 15.5. The maximum Gasteiger partial charge on any atom is 0.241 e. The number of ether oxygens (including phenoxy) is 1. The monoisotopic (exact) mass is 465 g/mol. The van der Waals surface area contributed by atoms with Crippen molar-refractivity contribution in [3.05, 3.63) is 23.8 Å². The van der Waals surface area contributed by atoms with Gasteiger partial charge in [0.25, 0.3) is 0 Å². The van der Waals surface area contributed by atoms with Crippen LogP contribution in [0.3, 0.4) is 0 Å². The highest BCUT2D eigenvalue weighted by molar-refractivity contribution is 5.86. The Morgan fingerprint density at radius 3 is 2.45 bits per heavy atom. The Bertz CT molecular complexity index is 678. The van der Waals surface area contributed by atoms with Crippen LogP contribution < -0.4 is 5.73 Å². The minimum Gasteiger partial charge on any atom is -0.396 e. The van der Waals surface area contributed by atoms with E-state index in [1.165, 1.54) is 6.08 Å². The van der Waals surface area contributed by atoms with Crippen molar-refractivity contribution in [2.45, 2.75) is 103 Å². The second-order valence-corrected chi connectivity index (χ2v) is 10.8. The van der Waals surface area contributed by atoms with Gasteiger partial charge < -0.3 is 25.8 Å². The van der Waals surface area contributed by atoms with Gasteiger partial charge in [-0.25, -0.2) is 0 Å². The number of hydrogen-bond donors (Lipinski definition) is 4. The molecule has 0 radical (unpaired) electrons. The van der Waals surface area contributed by atoms with E-state index in [1.807, 2.05) is 20.8 Å². The minimum absolute atomic E-state index is 0.00903. The second-order valence-electron chi connectivity index (χ2n) is 10.8. The summed E-state index contributed by atoms with van der Waals surface area (Å²) in [4.78, 5) is 11.0. The Kier molecular flexibility index (Phi) is 10.6. The van der Waals surface area contributed by atoms with Crippen LogP contribution >= 0.6 is 0 Å². The van der Waals surface area contributed by atoms with Crippen LogP contribution in [0.4, 0.5) is 0 Å². The van der Waals surface area contributed by atoms with Crippen LogP contribution in [0.1, 0.15) is 79.6 Å². The van der Waals surface area contributed by atoms with E-state index in [0.29, 0.717) is 18.3 Å². The SMILES string of the molecule is CCC(/C=C/C(N)=O)=C\CC[C@@H](CO)C[C@@H](C)[C@H]1C[C@H](O)[C@H](C)[C@@]2(C1)C[C@@H](O)[C@H](C)[C@@H](C)O2. The molecule has 1 heterocycles. The topological polar surface area (TPSA) is 113 Å². The van der Waals surface area contributed by atoms with Gasteiger partial charge in [0.15, 0.2) is 0 Å². The number of aliphatic hydroxyl groups is 3. The first-order valence-electron chi connectivity index (χ1n) is 12.8. The van der Waals surface area contributed by atoms with E-state index in [4.69, 9.17) is 10.5 Å². The summed E-state index contributed by atoms with van der Waals surface area (Å²) in [5, 5.41) is 31.6. The maximum absolute atomic E-state index is 11.0. The molecule has 2 aliphatic rings. The highest BCUT2D eigenvalue weighted by Crippen LogP contribution is 2.49. The summed E-state index contributed by atoms with van der Waals surface area (Å²) in [6.07, 6.45) is 9.96. The molecule has 1 aliphatic heterocycles. The van der Waals surface area contributed by atoms with Crippen molar-refractivity contribution in [3.63, 3.8) is 0 Å². The second kappa shape index (κ2) is 12.5. The van der Waals surface area contributed by atoms with Gasteiger partial charge in [0, 0.05) is 30.9 Å². The molecule has 0 aromatic heterocycles. The molecule has 2 fully saturated rings. The Hall–Kier alpha value is -1.21. The number of rotatable bonds is 10. The molecule has 0 aromatic carbocycles. The van der Waals surface area contributed by atoms with Gasteiger partial charge in [-0.15, -0.1) is 0 Å². The van der Waals surface area contributed by atoms with Crippen molar-refractivity contribution in [1.29, 1.82) is 0 Å². The van der Waals surface area contributed by atoms with E-state index in [9.17, 15) is 20.1 Å². The van der Waals surface area contributed by atoms with Crippen molar-refractivity contribution in [3.8, 4) is 0 Å². The predicted octanol–water partition coefficient (Wildman–Crippen LogP) is 3.73. The zero-order valence-electron chi connectivity index (χ0n) is 21.2. The normalized spacial score (nSPS) is 37.4. The zero-order chi connectivity index (χ0) is 24.8. The fraction of sp³-hybridized carbons (Fsp3) is 0.815. The molecule has 0 unspecified atom stereocenters. The fourth-order valence-corrected chi connectivity index (χ4v) is 5.84. The Morgan fingerprint density at radius 2 is 1.88 bits per heavy atom. The number of carbonyl (C=O) groups excluding carboxylic acids is 1. The van der Waals surface area contributed by atoms with Crippen molar-refractivity contribution >= 4 is 5.91 Å². The molecule has 6 nitrogen and oxygen atoms in total. The van der Waals surface area contributed by atoms with Crippen molar-refractivity contribution in [2.24, 2.45) is 35.3 Å². The largest absolute Gasteiger partial charge is 0.396 e. The number of allylic oxidation sites excluding steroid dienone is 3. The third-order valence-corrected chi connectivity index (χ3v) is 8.50. The van der Waals surface area contributed by atoms with Gasteiger partial charge in [0.2, 0.25) is 5.91 Å². The Balaban J connectivity index is 2.01. The lowest BCUT2D eigenvalue weighted by molar-refractivity contribution is -0.240. The average Bonchev–Trinajstić information content (AvgIpc) is 2.76. The van der Waals surface area contributed by atoms with Gasteiger partial charge in [0.1, 0.15) is 0 Å². The summed E-state index contributed by atoms with van der Waals surface area (Å²) < 4.78 is 6.52. The molecule has 1 aliphatic carbocycles. The molecule has 6 heteroatoms.